The molecule has 2 atom stereocenters. The molecule has 0 bridgehead atoms. The summed E-state index contributed by atoms with van der Waals surface area (Å²) in [5, 5.41) is 19.3. The van der Waals surface area contributed by atoms with E-state index in [0.29, 0.717) is 18.3 Å². The summed E-state index contributed by atoms with van der Waals surface area (Å²) in [4.78, 5) is 11.8. The molecule has 88 valence electrons. The van der Waals surface area contributed by atoms with E-state index in [2.05, 4.69) is 38.2 Å². The second kappa shape index (κ2) is 5.02. The summed E-state index contributed by atoms with van der Waals surface area (Å²) in [7, 11) is 0. The number of amides is 1. The van der Waals surface area contributed by atoms with Gasteiger partial charge in [0.15, 0.2) is 5.82 Å². The van der Waals surface area contributed by atoms with E-state index in [1.54, 1.807) is 0 Å². The van der Waals surface area contributed by atoms with Crippen LogP contribution >= 0.6 is 0 Å². The van der Waals surface area contributed by atoms with Gasteiger partial charge in [-0.15, -0.1) is 10.2 Å². The minimum Gasteiger partial charge on any atom is -0.347 e. The van der Waals surface area contributed by atoms with Crippen molar-refractivity contribution in [3.8, 4) is 0 Å². The van der Waals surface area contributed by atoms with Gasteiger partial charge in [-0.1, -0.05) is 12.1 Å². The van der Waals surface area contributed by atoms with Gasteiger partial charge in [0.1, 0.15) is 0 Å². The van der Waals surface area contributed by atoms with Crippen LogP contribution in [0.15, 0.2) is 0 Å². The number of carbonyl (C=O) groups is 1. The molecule has 7 nitrogen and oxygen atoms in total. The van der Waals surface area contributed by atoms with Gasteiger partial charge in [0.2, 0.25) is 5.91 Å². The monoisotopic (exact) mass is 224 g/mol. The Kier molecular flexibility index (Phi) is 3.45. The average Bonchev–Trinajstić information content (AvgIpc) is 2.79. The molecule has 1 saturated heterocycles. The van der Waals surface area contributed by atoms with Crippen molar-refractivity contribution in [3.63, 3.8) is 0 Å². The number of aromatic amines is 1. The van der Waals surface area contributed by atoms with E-state index in [0.717, 1.165) is 19.4 Å². The SMILES string of the molecule is CC1CCCNC1C(=O)NCc1nn[nH]n1. The molecule has 2 rings (SSSR count). The van der Waals surface area contributed by atoms with E-state index in [-0.39, 0.29) is 11.9 Å². The molecule has 2 unspecified atom stereocenters. The molecule has 1 aliphatic rings. The molecule has 7 heteroatoms. The first-order chi connectivity index (χ1) is 7.77. The zero-order chi connectivity index (χ0) is 11.4. The maximum Gasteiger partial charge on any atom is 0.237 e. The van der Waals surface area contributed by atoms with Crippen LogP contribution in [-0.4, -0.2) is 39.1 Å². The molecular formula is C9H16N6O. The molecule has 0 aliphatic carbocycles. The Balaban J connectivity index is 1.83. The Morgan fingerprint density at radius 2 is 2.50 bits per heavy atom. The molecule has 1 aliphatic heterocycles. The molecule has 1 aromatic rings. The van der Waals surface area contributed by atoms with Gasteiger partial charge >= 0.3 is 0 Å². The molecule has 1 fully saturated rings. The van der Waals surface area contributed by atoms with Crippen LogP contribution < -0.4 is 10.6 Å². The third-order valence-corrected chi connectivity index (χ3v) is 2.86. The number of hydrogen-bond acceptors (Lipinski definition) is 5. The molecule has 3 N–H and O–H groups in total. The second-order valence-electron chi connectivity index (χ2n) is 4.10. The van der Waals surface area contributed by atoms with Gasteiger partial charge in [0.05, 0.1) is 12.6 Å². The number of nitrogens with zero attached hydrogens (tertiary/aromatic N) is 3. The minimum absolute atomic E-state index is 0.0111. The minimum atomic E-state index is -0.0966. The van der Waals surface area contributed by atoms with Crippen LogP contribution in [-0.2, 0) is 11.3 Å². The summed E-state index contributed by atoms with van der Waals surface area (Å²) in [5.41, 5.74) is 0. The zero-order valence-corrected chi connectivity index (χ0v) is 9.23. The first-order valence-electron chi connectivity index (χ1n) is 5.51. The lowest BCUT2D eigenvalue weighted by Gasteiger charge is -2.28. The normalized spacial score (nSPS) is 25.3. The Morgan fingerprint density at radius 1 is 1.62 bits per heavy atom. The quantitative estimate of drug-likeness (QED) is 0.625. The maximum absolute atomic E-state index is 11.8. The highest BCUT2D eigenvalue weighted by molar-refractivity contribution is 5.82. The van der Waals surface area contributed by atoms with E-state index in [1.165, 1.54) is 0 Å². The summed E-state index contributed by atoms with van der Waals surface area (Å²) in [6.07, 6.45) is 2.23. The molecule has 0 aromatic carbocycles. The number of nitrogens with one attached hydrogen (secondary N) is 3. The lowest BCUT2D eigenvalue weighted by Crippen LogP contribution is -2.50. The summed E-state index contributed by atoms with van der Waals surface area (Å²) in [6.45, 7) is 3.32. The number of H-pyrrole nitrogens is 1. The van der Waals surface area contributed by atoms with Gasteiger partial charge in [-0.3, -0.25) is 4.79 Å². The largest absolute Gasteiger partial charge is 0.347 e. The van der Waals surface area contributed by atoms with E-state index in [9.17, 15) is 4.79 Å². The van der Waals surface area contributed by atoms with Gasteiger partial charge < -0.3 is 10.6 Å². The molecule has 1 aromatic heterocycles. The Morgan fingerprint density at radius 3 is 3.19 bits per heavy atom. The van der Waals surface area contributed by atoms with Crippen molar-refractivity contribution >= 4 is 5.91 Å². The second-order valence-corrected chi connectivity index (χ2v) is 4.10. The van der Waals surface area contributed by atoms with E-state index in [4.69, 9.17) is 0 Å². The Labute approximate surface area is 93.4 Å². The third kappa shape index (κ3) is 2.54. The van der Waals surface area contributed by atoms with Crippen LogP contribution in [0.25, 0.3) is 0 Å². The number of hydrogen-bond donors (Lipinski definition) is 3. The van der Waals surface area contributed by atoms with Crippen molar-refractivity contribution in [2.45, 2.75) is 32.4 Å². The van der Waals surface area contributed by atoms with Crippen LogP contribution in [0.1, 0.15) is 25.6 Å². The van der Waals surface area contributed by atoms with Crippen LogP contribution in [0.2, 0.25) is 0 Å². The van der Waals surface area contributed by atoms with Crippen LogP contribution in [0, 0.1) is 5.92 Å². The average molecular weight is 224 g/mol. The van der Waals surface area contributed by atoms with Gasteiger partial charge in [-0.05, 0) is 25.3 Å². The number of carbonyl (C=O) groups excluding carboxylic acids is 1. The van der Waals surface area contributed by atoms with Crippen LogP contribution in [0.4, 0.5) is 0 Å². The van der Waals surface area contributed by atoms with E-state index >= 15 is 0 Å². The fraction of sp³-hybridized carbons (Fsp3) is 0.778. The summed E-state index contributed by atoms with van der Waals surface area (Å²) in [5.74, 6) is 0.882. The zero-order valence-electron chi connectivity index (χ0n) is 9.23. The Hall–Kier alpha value is -1.50. The third-order valence-electron chi connectivity index (χ3n) is 2.86. The first-order valence-corrected chi connectivity index (χ1v) is 5.51. The topological polar surface area (TPSA) is 95.6 Å². The summed E-state index contributed by atoms with van der Waals surface area (Å²) in [6, 6.07) is -0.0966. The van der Waals surface area contributed by atoms with Crippen LogP contribution in [0.5, 0.6) is 0 Å². The molecule has 1 amide bonds. The highest BCUT2D eigenvalue weighted by Gasteiger charge is 2.27. The number of piperidine rings is 1. The van der Waals surface area contributed by atoms with E-state index in [1.807, 2.05) is 0 Å². The highest BCUT2D eigenvalue weighted by Crippen LogP contribution is 2.15. The lowest BCUT2D eigenvalue weighted by atomic mass is 9.92. The molecule has 2 heterocycles. The summed E-state index contributed by atoms with van der Waals surface area (Å²) >= 11 is 0. The van der Waals surface area contributed by atoms with Gasteiger partial charge in [-0.2, -0.15) is 5.21 Å². The van der Waals surface area contributed by atoms with Gasteiger partial charge in [0.25, 0.3) is 0 Å². The van der Waals surface area contributed by atoms with Crippen LogP contribution in [0.3, 0.4) is 0 Å². The lowest BCUT2D eigenvalue weighted by molar-refractivity contribution is -0.125. The van der Waals surface area contributed by atoms with E-state index < -0.39 is 0 Å². The predicted molar refractivity (Wildman–Crippen MR) is 56.2 cm³/mol. The van der Waals surface area contributed by atoms with Crippen molar-refractivity contribution < 1.29 is 4.79 Å². The molecule has 0 radical (unpaired) electrons. The molecule has 0 spiro atoms. The Bertz CT molecular complexity index is 338. The standard InChI is InChI=1S/C9H16N6O/c1-6-3-2-4-10-8(6)9(16)11-5-7-12-14-15-13-7/h6,8,10H,2-5H2,1H3,(H,11,16)(H,12,13,14,15). The fourth-order valence-corrected chi connectivity index (χ4v) is 1.93. The number of tetrazole rings is 1. The molecule has 0 saturated carbocycles. The van der Waals surface area contributed by atoms with Crippen molar-refractivity contribution in [2.75, 3.05) is 6.54 Å². The predicted octanol–water partition coefficient (Wildman–Crippen LogP) is -0.796. The van der Waals surface area contributed by atoms with Crippen molar-refractivity contribution in [3.05, 3.63) is 5.82 Å². The number of rotatable bonds is 3. The fourth-order valence-electron chi connectivity index (χ4n) is 1.93. The van der Waals surface area contributed by atoms with Gasteiger partial charge in [-0.25, -0.2) is 0 Å². The highest BCUT2D eigenvalue weighted by atomic mass is 16.2. The number of aromatic nitrogens is 4. The van der Waals surface area contributed by atoms with Crippen molar-refractivity contribution in [2.24, 2.45) is 5.92 Å². The smallest absolute Gasteiger partial charge is 0.237 e. The first kappa shape index (κ1) is 11.0. The van der Waals surface area contributed by atoms with Crippen molar-refractivity contribution in [1.82, 2.24) is 31.3 Å². The summed E-state index contributed by atoms with van der Waals surface area (Å²) < 4.78 is 0. The van der Waals surface area contributed by atoms with Crippen molar-refractivity contribution in [1.29, 1.82) is 0 Å². The molecular weight excluding hydrogens is 208 g/mol. The maximum atomic E-state index is 11.8. The molecule has 16 heavy (non-hydrogen) atoms. The van der Waals surface area contributed by atoms with Gasteiger partial charge in [0, 0.05) is 0 Å².